The molecule has 1 aliphatic heterocycles. The maximum absolute atomic E-state index is 13.1. The predicted molar refractivity (Wildman–Crippen MR) is 154 cm³/mol. The maximum atomic E-state index is 13.1. The van der Waals surface area contributed by atoms with Crippen LogP contribution in [-0.4, -0.2) is 51.2 Å². The lowest BCUT2D eigenvalue weighted by atomic mass is 9.87. The molecule has 2 atom stereocenters. The van der Waals surface area contributed by atoms with Crippen LogP contribution < -0.4 is 5.32 Å². The zero-order chi connectivity index (χ0) is 27.8. The highest BCUT2D eigenvalue weighted by molar-refractivity contribution is 7.90. The number of amides is 1. The fraction of sp³-hybridized carbons (Fsp3) is 0.375. The van der Waals surface area contributed by atoms with Crippen LogP contribution in [0, 0.1) is 11.3 Å². The van der Waals surface area contributed by atoms with Gasteiger partial charge in [-0.05, 0) is 73.2 Å². The van der Waals surface area contributed by atoms with E-state index in [0.717, 1.165) is 44.5 Å². The van der Waals surface area contributed by atoms with E-state index in [-0.39, 0.29) is 28.7 Å². The average molecular weight is 544 g/mol. The molecule has 2 unspecified atom stereocenters. The lowest BCUT2D eigenvalue weighted by Gasteiger charge is -2.34. The molecular weight excluding hydrogens is 506 g/mol. The first-order chi connectivity index (χ1) is 18.8. The summed E-state index contributed by atoms with van der Waals surface area (Å²) >= 11 is 0. The van der Waals surface area contributed by atoms with Gasteiger partial charge < -0.3 is 10.2 Å². The van der Waals surface area contributed by atoms with Gasteiger partial charge >= 0.3 is 0 Å². The topological polar surface area (TPSA) is 90.3 Å². The fourth-order valence-corrected chi connectivity index (χ4v) is 6.07. The number of benzene rings is 3. The number of nitrogens with one attached hydrogen (secondary N) is 1. The molecule has 1 saturated heterocycles. The molecule has 4 rings (SSSR count). The third-order valence-electron chi connectivity index (χ3n) is 7.75. The Kier molecular flexibility index (Phi) is 9.55. The molecule has 3 aromatic rings. The Balaban J connectivity index is 1.31. The minimum Gasteiger partial charge on any atom is -0.353 e. The first-order valence-electron chi connectivity index (χ1n) is 13.7. The molecule has 204 valence electrons. The maximum Gasteiger partial charge on any atom is 0.227 e. The smallest absolute Gasteiger partial charge is 0.227 e. The van der Waals surface area contributed by atoms with Gasteiger partial charge in [-0.2, -0.15) is 5.26 Å². The number of sulfone groups is 1. The van der Waals surface area contributed by atoms with E-state index >= 15 is 0 Å². The molecule has 1 N–H and O–H groups in total. The minimum atomic E-state index is -3.26. The fourth-order valence-electron chi connectivity index (χ4n) is 5.44. The second kappa shape index (κ2) is 13.1. The number of piperidine rings is 1. The second-order valence-corrected chi connectivity index (χ2v) is 12.4. The predicted octanol–water partition coefficient (Wildman–Crippen LogP) is 5.26. The SMILES string of the molecule is CCC(C(=O)NC1CCN(CCC(c2ccccc2)c2ccc(C#N)cc2)CC1)c1ccc(S(C)(=O)=O)cc1. The molecule has 7 heteroatoms. The monoisotopic (exact) mass is 543 g/mol. The number of nitrogens with zero attached hydrogens (tertiary/aromatic N) is 2. The highest BCUT2D eigenvalue weighted by atomic mass is 32.2. The van der Waals surface area contributed by atoms with Crippen LogP contribution in [0.5, 0.6) is 0 Å². The van der Waals surface area contributed by atoms with Gasteiger partial charge in [-0.25, -0.2) is 8.42 Å². The molecule has 3 aromatic carbocycles. The Morgan fingerprint density at radius 1 is 0.949 bits per heavy atom. The van der Waals surface area contributed by atoms with E-state index in [1.54, 1.807) is 24.3 Å². The Labute approximate surface area is 232 Å². The Morgan fingerprint density at radius 2 is 1.54 bits per heavy atom. The van der Waals surface area contributed by atoms with Crippen LogP contribution in [0.4, 0.5) is 0 Å². The van der Waals surface area contributed by atoms with Crippen LogP contribution in [0.2, 0.25) is 0 Å². The van der Waals surface area contributed by atoms with E-state index in [1.165, 1.54) is 17.4 Å². The zero-order valence-electron chi connectivity index (χ0n) is 22.7. The lowest BCUT2D eigenvalue weighted by molar-refractivity contribution is -0.123. The van der Waals surface area contributed by atoms with Crippen molar-refractivity contribution in [2.75, 3.05) is 25.9 Å². The molecule has 0 aromatic heterocycles. The Morgan fingerprint density at radius 3 is 2.10 bits per heavy atom. The molecular formula is C32H37N3O3S. The summed E-state index contributed by atoms with van der Waals surface area (Å²) in [6.45, 7) is 4.80. The molecule has 1 fully saturated rings. The molecule has 1 amide bonds. The van der Waals surface area contributed by atoms with Gasteiger partial charge in [0.1, 0.15) is 0 Å². The van der Waals surface area contributed by atoms with Gasteiger partial charge in [0.25, 0.3) is 0 Å². The number of rotatable bonds is 10. The highest BCUT2D eigenvalue weighted by Gasteiger charge is 2.26. The van der Waals surface area contributed by atoms with Crippen LogP contribution in [0.3, 0.4) is 0 Å². The molecule has 0 radical (unpaired) electrons. The van der Waals surface area contributed by atoms with Crippen molar-refractivity contribution in [2.24, 2.45) is 0 Å². The summed E-state index contributed by atoms with van der Waals surface area (Å²) in [5.41, 5.74) is 4.01. The van der Waals surface area contributed by atoms with Crippen LogP contribution >= 0.6 is 0 Å². The van der Waals surface area contributed by atoms with Gasteiger partial charge in [-0.15, -0.1) is 0 Å². The normalized spacial score (nSPS) is 16.2. The molecule has 0 aliphatic carbocycles. The van der Waals surface area contributed by atoms with Crippen molar-refractivity contribution < 1.29 is 13.2 Å². The molecule has 0 spiro atoms. The summed E-state index contributed by atoms with van der Waals surface area (Å²) in [6, 6.07) is 27.5. The minimum absolute atomic E-state index is 0.00742. The number of carbonyl (C=O) groups is 1. The van der Waals surface area contributed by atoms with Crippen LogP contribution in [0.15, 0.2) is 83.8 Å². The number of likely N-dealkylation sites (tertiary alicyclic amines) is 1. The summed E-state index contributed by atoms with van der Waals surface area (Å²) in [7, 11) is -3.26. The van der Waals surface area contributed by atoms with E-state index < -0.39 is 9.84 Å². The first-order valence-corrected chi connectivity index (χ1v) is 15.6. The largest absolute Gasteiger partial charge is 0.353 e. The summed E-state index contributed by atoms with van der Waals surface area (Å²) in [4.78, 5) is 15.9. The summed E-state index contributed by atoms with van der Waals surface area (Å²) in [6.07, 6.45) is 4.63. The van der Waals surface area contributed by atoms with Gasteiger partial charge in [0.05, 0.1) is 22.4 Å². The summed E-state index contributed by atoms with van der Waals surface area (Å²) < 4.78 is 23.5. The number of hydrogen-bond donors (Lipinski definition) is 1. The second-order valence-electron chi connectivity index (χ2n) is 10.4. The average Bonchev–Trinajstić information content (AvgIpc) is 2.95. The van der Waals surface area contributed by atoms with Crippen molar-refractivity contribution in [2.45, 2.75) is 55.4 Å². The van der Waals surface area contributed by atoms with Crippen molar-refractivity contribution in [3.63, 3.8) is 0 Å². The Hall–Kier alpha value is -3.47. The van der Waals surface area contributed by atoms with E-state index in [1.807, 2.05) is 25.1 Å². The highest BCUT2D eigenvalue weighted by Crippen LogP contribution is 2.29. The van der Waals surface area contributed by atoms with Crippen molar-refractivity contribution in [1.29, 1.82) is 5.26 Å². The third kappa shape index (κ3) is 7.56. The molecule has 6 nitrogen and oxygen atoms in total. The first kappa shape index (κ1) is 28.5. The van der Waals surface area contributed by atoms with E-state index in [2.05, 4.69) is 52.7 Å². The van der Waals surface area contributed by atoms with Crippen molar-refractivity contribution in [1.82, 2.24) is 10.2 Å². The number of hydrogen-bond acceptors (Lipinski definition) is 5. The van der Waals surface area contributed by atoms with Crippen LogP contribution in [0.1, 0.15) is 66.7 Å². The van der Waals surface area contributed by atoms with Gasteiger partial charge in [0.15, 0.2) is 9.84 Å². The molecule has 1 aliphatic rings. The van der Waals surface area contributed by atoms with Gasteiger partial charge in [0.2, 0.25) is 5.91 Å². The third-order valence-corrected chi connectivity index (χ3v) is 8.88. The lowest BCUT2D eigenvalue weighted by Crippen LogP contribution is -2.46. The van der Waals surface area contributed by atoms with Crippen LogP contribution in [-0.2, 0) is 14.6 Å². The van der Waals surface area contributed by atoms with Crippen molar-refractivity contribution >= 4 is 15.7 Å². The Bertz CT molecular complexity index is 1370. The van der Waals surface area contributed by atoms with E-state index in [4.69, 9.17) is 5.26 Å². The summed E-state index contributed by atoms with van der Waals surface area (Å²) in [5, 5.41) is 12.4. The molecule has 0 saturated carbocycles. The van der Waals surface area contributed by atoms with Crippen molar-refractivity contribution in [3.05, 3.63) is 101 Å². The van der Waals surface area contributed by atoms with Gasteiger partial charge in [0, 0.05) is 31.3 Å². The molecule has 1 heterocycles. The standard InChI is InChI=1S/C32H37N3O3S/c1-3-30(26-13-15-29(16-14-26)39(2,37)38)32(36)34-28-17-20-35(21-18-28)22-19-31(25-7-5-4-6-8-25)27-11-9-24(23-33)10-12-27/h4-16,28,30-31H,3,17-22H2,1-2H3,(H,34,36). The van der Waals surface area contributed by atoms with Gasteiger partial charge in [-0.1, -0.05) is 61.5 Å². The summed E-state index contributed by atoms with van der Waals surface area (Å²) in [5.74, 6) is -0.0283. The molecule has 39 heavy (non-hydrogen) atoms. The van der Waals surface area contributed by atoms with Crippen LogP contribution in [0.25, 0.3) is 0 Å². The molecule has 0 bridgehead atoms. The number of nitriles is 1. The zero-order valence-corrected chi connectivity index (χ0v) is 23.5. The number of carbonyl (C=O) groups excluding carboxylic acids is 1. The quantitative estimate of drug-likeness (QED) is 0.377. The van der Waals surface area contributed by atoms with E-state index in [9.17, 15) is 13.2 Å². The van der Waals surface area contributed by atoms with E-state index in [0.29, 0.717) is 12.0 Å². The van der Waals surface area contributed by atoms with Crippen molar-refractivity contribution in [3.8, 4) is 6.07 Å². The van der Waals surface area contributed by atoms with Gasteiger partial charge in [-0.3, -0.25) is 4.79 Å².